The lowest BCUT2D eigenvalue weighted by Crippen LogP contribution is -2.36. The molecule has 0 aliphatic carbocycles. The second kappa shape index (κ2) is 4.04. The second-order valence-electron chi connectivity index (χ2n) is 2.95. The predicted molar refractivity (Wildman–Crippen MR) is 44.6 cm³/mol. The summed E-state index contributed by atoms with van der Waals surface area (Å²) in [5, 5.41) is 0. The molecule has 0 aromatic carbocycles. The van der Waals surface area contributed by atoms with E-state index in [1.807, 2.05) is 0 Å². The molecule has 0 aromatic heterocycles. The van der Waals surface area contributed by atoms with Crippen LogP contribution < -0.4 is 0 Å². The molecule has 0 spiro atoms. The van der Waals surface area contributed by atoms with E-state index < -0.39 is 11.7 Å². The quantitative estimate of drug-likeness (QED) is 0.523. The van der Waals surface area contributed by atoms with Gasteiger partial charge in [-0.3, -0.25) is 0 Å². The van der Waals surface area contributed by atoms with Crippen LogP contribution in [0.1, 0.15) is 6.92 Å². The van der Waals surface area contributed by atoms with Gasteiger partial charge in [0.05, 0.1) is 18.8 Å². The van der Waals surface area contributed by atoms with Crippen molar-refractivity contribution in [3.05, 3.63) is 24.0 Å². The first-order chi connectivity index (χ1) is 6.45. The third kappa shape index (κ3) is 2.51. The molecule has 1 fully saturated rings. The molecule has 0 atom stereocenters. The Bertz CT molecular complexity index is 251. The van der Waals surface area contributed by atoms with Crippen molar-refractivity contribution in [3.8, 4) is 0 Å². The van der Waals surface area contributed by atoms with Crippen LogP contribution in [0.3, 0.4) is 0 Å². The van der Waals surface area contributed by atoms with E-state index in [1.54, 1.807) is 0 Å². The van der Waals surface area contributed by atoms with Crippen LogP contribution in [0.4, 0.5) is 13.2 Å². The molecular weight excluding hydrogens is 197 g/mol. The first-order valence-electron chi connectivity index (χ1n) is 4.10. The molecule has 80 valence electrons. The van der Waals surface area contributed by atoms with Crippen molar-refractivity contribution in [2.75, 3.05) is 13.2 Å². The van der Waals surface area contributed by atoms with Crippen LogP contribution in [0.15, 0.2) is 24.0 Å². The molecule has 0 N–H and O–H groups in total. The maximum Gasteiger partial charge on any atom is 0.419 e. The molecule has 0 radical (unpaired) electrons. The highest BCUT2D eigenvalue weighted by Crippen LogP contribution is 2.30. The zero-order valence-electron chi connectivity index (χ0n) is 7.73. The van der Waals surface area contributed by atoms with Gasteiger partial charge in [0, 0.05) is 0 Å². The summed E-state index contributed by atoms with van der Waals surface area (Å²) in [5.41, 5.74) is -0.829. The monoisotopic (exact) mass is 208 g/mol. The standard InChI is InChI=1S/C9H11F3O2/c1-3-8(9(10,11)12)6(2)14-7-4-13-5-7/h3,7H,1,4-5H2,2H3/b8-6-. The van der Waals surface area contributed by atoms with E-state index in [0.29, 0.717) is 13.2 Å². The summed E-state index contributed by atoms with van der Waals surface area (Å²) >= 11 is 0. The van der Waals surface area contributed by atoms with E-state index in [0.717, 1.165) is 6.08 Å². The van der Waals surface area contributed by atoms with Crippen molar-refractivity contribution >= 4 is 0 Å². The third-order valence-electron chi connectivity index (χ3n) is 1.84. The largest absolute Gasteiger partial charge is 0.490 e. The minimum Gasteiger partial charge on any atom is -0.490 e. The van der Waals surface area contributed by atoms with Crippen LogP contribution in [-0.2, 0) is 9.47 Å². The fourth-order valence-electron chi connectivity index (χ4n) is 1.05. The van der Waals surface area contributed by atoms with E-state index >= 15 is 0 Å². The van der Waals surface area contributed by atoms with Gasteiger partial charge < -0.3 is 9.47 Å². The SMILES string of the molecule is C=C/C(=C(\C)OC1COC1)C(F)(F)F. The summed E-state index contributed by atoms with van der Waals surface area (Å²) in [5.74, 6) is -0.152. The van der Waals surface area contributed by atoms with E-state index in [2.05, 4.69) is 6.58 Å². The lowest BCUT2D eigenvalue weighted by molar-refractivity contribution is -0.118. The number of ether oxygens (including phenoxy) is 2. The smallest absolute Gasteiger partial charge is 0.419 e. The van der Waals surface area contributed by atoms with Crippen LogP contribution in [0.2, 0.25) is 0 Å². The molecule has 1 aliphatic heterocycles. The molecule has 0 unspecified atom stereocenters. The number of alkyl halides is 3. The lowest BCUT2D eigenvalue weighted by atomic mass is 10.2. The average molecular weight is 208 g/mol. The molecule has 14 heavy (non-hydrogen) atoms. The normalized spacial score (nSPS) is 19.7. The van der Waals surface area contributed by atoms with Gasteiger partial charge in [-0.2, -0.15) is 13.2 Å². The Morgan fingerprint density at radius 2 is 2.07 bits per heavy atom. The van der Waals surface area contributed by atoms with Crippen molar-refractivity contribution in [1.29, 1.82) is 0 Å². The molecule has 0 aromatic rings. The van der Waals surface area contributed by atoms with Gasteiger partial charge in [-0.05, 0) is 6.92 Å². The molecule has 1 rings (SSSR count). The van der Waals surface area contributed by atoms with Gasteiger partial charge in [-0.25, -0.2) is 0 Å². The first-order valence-corrected chi connectivity index (χ1v) is 4.10. The first kappa shape index (κ1) is 11.1. The van der Waals surface area contributed by atoms with E-state index in [9.17, 15) is 13.2 Å². The van der Waals surface area contributed by atoms with Crippen molar-refractivity contribution in [2.24, 2.45) is 0 Å². The molecule has 2 nitrogen and oxygen atoms in total. The topological polar surface area (TPSA) is 18.5 Å². The minimum atomic E-state index is -4.41. The number of rotatable bonds is 3. The van der Waals surface area contributed by atoms with E-state index in [4.69, 9.17) is 9.47 Å². The molecule has 0 bridgehead atoms. The van der Waals surface area contributed by atoms with Gasteiger partial charge in [-0.15, -0.1) is 0 Å². The van der Waals surface area contributed by atoms with E-state index in [-0.39, 0.29) is 11.9 Å². The van der Waals surface area contributed by atoms with Crippen molar-refractivity contribution in [1.82, 2.24) is 0 Å². The molecule has 1 aliphatic rings. The molecule has 5 heteroatoms. The maximum atomic E-state index is 12.3. The number of halogens is 3. The highest BCUT2D eigenvalue weighted by molar-refractivity contribution is 5.24. The van der Waals surface area contributed by atoms with Gasteiger partial charge in [0.15, 0.2) is 0 Å². The van der Waals surface area contributed by atoms with Gasteiger partial charge in [0.25, 0.3) is 0 Å². The van der Waals surface area contributed by atoms with Gasteiger partial charge in [0.2, 0.25) is 0 Å². The van der Waals surface area contributed by atoms with E-state index in [1.165, 1.54) is 6.92 Å². The Balaban J connectivity index is 2.71. The fraction of sp³-hybridized carbons (Fsp3) is 0.556. The molecule has 1 heterocycles. The highest BCUT2D eigenvalue weighted by Gasteiger charge is 2.35. The zero-order valence-corrected chi connectivity index (χ0v) is 7.73. The van der Waals surface area contributed by atoms with Gasteiger partial charge in [-0.1, -0.05) is 12.7 Å². The molecule has 0 amide bonds. The summed E-state index contributed by atoms with van der Waals surface area (Å²) in [6.07, 6.45) is -3.90. The number of hydrogen-bond donors (Lipinski definition) is 0. The molecule has 1 saturated heterocycles. The summed E-state index contributed by atoms with van der Waals surface area (Å²) in [6.45, 7) is 5.08. The van der Waals surface area contributed by atoms with Gasteiger partial charge >= 0.3 is 6.18 Å². The van der Waals surface area contributed by atoms with Crippen molar-refractivity contribution in [2.45, 2.75) is 19.2 Å². The Labute approximate surface area is 80.0 Å². The maximum absolute atomic E-state index is 12.3. The highest BCUT2D eigenvalue weighted by atomic mass is 19.4. The predicted octanol–water partition coefficient (Wildman–Crippen LogP) is 2.42. The van der Waals surface area contributed by atoms with Crippen molar-refractivity contribution in [3.63, 3.8) is 0 Å². The Morgan fingerprint density at radius 1 is 1.50 bits per heavy atom. The Kier molecular flexibility index (Phi) is 3.21. The average Bonchev–Trinajstić information content (AvgIpc) is 1.95. The van der Waals surface area contributed by atoms with Crippen LogP contribution in [-0.4, -0.2) is 25.5 Å². The zero-order chi connectivity index (χ0) is 10.8. The van der Waals surface area contributed by atoms with Crippen LogP contribution in [0.5, 0.6) is 0 Å². The van der Waals surface area contributed by atoms with Crippen LogP contribution in [0, 0.1) is 0 Å². The summed E-state index contributed by atoms with van der Waals surface area (Å²) in [6, 6.07) is 0. The van der Waals surface area contributed by atoms with Crippen LogP contribution >= 0.6 is 0 Å². The Morgan fingerprint density at radius 3 is 2.36 bits per heavy atom. The molecular formula is C9H11F3O2. The number of allylic oxidation sites excluding steroid dienone is 3. The number of hydrogen-bond acceptors (Lipinski definition) is 2. The molecule has 0 saturated carbocycles. The fourth-order valence-corrected chi connectivity index (χ4v) is 1.05. The van der Waals surface area contributed by atoms with Crippen molar-refractivity contribution < 1.29 is 22.6 Å². The van der Waals surface area contributed by atoms with Crippen LogP contribution in [0.25, 0.3) is 0 Å². The second-order valence-corrected chi connectivity index (χ2v) is 2.95. The lowest BCUT2D eigenvalue weighted by Gasteiger charge is -2.28. The summed E-state index contributed by atoms with van der Waals surface area (Å²) < 4.78 is 46.7. The summed E-state index contributed by atoms with van der Waals surface area (Å²) in [7, 11) is 0. The minimum absolute atomic E-state index is 0.152. The Hall–Kier alpha value is -0.970. The third-order valence-corrected chi connectivity index (χ3v) is 1.84. The van der Waals surface area contributed by atoms with Gasteiger partial charge in [0.1, 0.15) is 11.9 Å². The summed E-state index contributed by atoms with van der Waals surface area (Å²) in [4.78, 5) is 0.